The maximum Gasteiger partial charge on any atom is 0.337 e. The predicted octanol–water partition coefficient (Wildman–Crippen LogP) is 5.09. The van der Waals surface area contributed by atoms with Gasteiger partial charge in [-0.25, -0.2) is 9.78 Å². The van der Waals surface area contributed by atoms with Gasteiger partial charge < -0.3 is 9.72 Å². The van der Waals surface area contributed by atoms with Gasteiger partial charge in [0.25, 0.3) is 0 Å². The normalized spacial score (nSPS) is 10.9. The number of imidazole rings is 1. The van der Waals surface area contributed by atoms with Crippen molar-refractivity contribution < 1.29 is 9.53 Å². The van der Waals surface area contributed by atoms with Crippen LogP contribution in [0.25, 0.3) is 22.4 Å². The molecule has 22 heavy (non-hydrogen) atoms. The van der Waals surface area contributed by atoms with Crippen molar-refractivity contribution in [3.63, 3.8) is 0 Å². The highest BCUT2D eigenvalue weighted by atomic mass is 79.9. The van der Waals surface area contributed by atoms with Crippen molar-refractivity contribution >= 4 is 56.1 Å². The van der Waals surface area contributed by atoms with Gasteiger partial charge in [-0.1, -0.05) is 23.2 Å². The zero-order chi connectivity index (χ0) is 15.9. The number of fused-ring (bicyclic) bond motifs is 1. The van der Waals surface area contributed by atoms with Crippen molar-refractivity contribution in [3.05, 3.63) is 50.4 Å². The summed E-state index contributed by atoms with van der Waals surface area (Å²) in [6.07, 6.45) is 0. The Bertz CT molecular complexity index is 893. The predicted molar refractivity (Wildman–Crippen MR) is 90.6 cm³/mol. The summed E-state index contributed by atoms with van der Waals surface area (Å²) in [5.74, 6) is 0.183. The number of nitrogens with one attached hydrogen (secondary N) is 1. The molecule has 7 heteroatoms. The largest absolute Gasteiger partial charge is 0.465 e. The molecule has 0 aliphatic heterocycles. The molecule has 0 aliphatic rings. The highest BCUT2D eigenvalue weighted by Crippen LogP contribution is 2.32. The number of hydrogen-bond donors (Lipinski definition) is 1. The van der Waals surface area contributed by atoms with Gasteiger partial charge >= 0.3 is 5.97 Å². The molecule has 1 N–H and O–H groups in total. The number of hydrogen-bond acceptors (Lipinski definition) is 3. The summed E-state index contributed by atoms with van der Waals surface area (Å²) in [6, 6.07) is 8.54. The molecule has 0 radical (unpaired) electrons. The Kier molecular flexibility index (Phi) is 4.12. The third kappa shape index (κ3) is 2.72. The topological polar surface area (TPSA) is 55.0 Å². The number of esters is 1. The fourth-order valence-electron chi connectivity index (χ4n) is 2.12. The van der Waals surface area contributed by atoms with Crippen LogP contribution in [0.15, 0.2) is 34.8 Å². The van der Waals surface area contributed by atoms with E-state index in [9.17, 15) is 4.79 Å². The first kappa shape index (κ1) is 15.3. The second-order valence-electron chi connectivity index (χ2n) is 4.56. The number of carbonyl (C=O) groups excluding carboxylic acids is 1. The minimum atomic E-state index is -0.414. The third-order valence-corrected chi connectivity index (χ3v) is 4.30. The third-order valence-electron chi connectivity index (χ3n) is 3.15. The second kappa shape index (κ2) is 5.91. The van der Waals surface area contributed by atoms with Gasteiger partial charge in [0.05, 0.1) is 23.2 Å². The summed E-state index contributed by atoms with van der Waals surface area (Å²) in [6.45, 7) is 0. The molecular weight excluding hydrogens is 391 g/mol. The molecule has 0 spiro atoms. The number of carbonyl (C=O) groups is 1. The molecule has 1 heterocycles. The molecule has 0 bridgehead atoms. The van der Waals surface area contributed by atoms with Crippen LogP contribution in [0, 0.1) is 0 Å². The van der Waals surface area contributed by atoms with E-state index in [1.807, 2.05) is 0 Å². The van der Waals surface area contributed by atoms with Crippen LogP contribution in [0.5, 0.6) is 0 Å². The van der Waals surface area contributed by atoms with Crippen LogP contribution < -0.4 is 0 Å². The van der Waals surface area contributed by atoms with Crippen molar-refractivity contribution in [1.29, 1.82) is 0 Å². The van der Waals surface area contributed by atoms with E-state index in [0.717, 1.165) is 5.56 Å². The number of methoxy groups -OCH3 is 1. The second-order valence-corrected chi connectivity index (χ2v) is 6.25. The number of aromatic nitrogens is 2. The average molecular weight is 400 g/mol. The van der Waals surface area contributed by atoms with E-state index in [1.54, 1.807) is 30.3 Å². The van der Waals surface area contributed by atoms with Crippen LogP contribution in [0.2, 0.25) is 10.0 Å². The molecule has 0 fully saturated rings. The zero-order valence-electron chi connectivity index (χ0n) is 11.3. The average Bonchev–Trinajstić information content (AvgIpc) is 2.90. The molecule has 0 amide bonds. The highest BCUT2D eigenvalue weighted by Gasteiger charge is 2.15. The quantitative estimate of drug-likeness (QED) is 0.611. The number of benzene rings is 2. The number of H-pyrrole nitrogens is 1. The van der Waals surface area contributed by atoms with Crippen molar-refractivity contribution in [2.45, 2.75) is 0 Å². The van der Waals surface area contributed by atoms with Gasteiger partial charge in [0, 0.05) is 15.1 Å². The molecule has 3 aromatic rings. The van der Waals surface area contributed by atoms with E-state index < -0.39 is 5.97 Å². The van der Waals surface area contributed by atoms with Crippen LogP contribution >= 0.6 is 39.1 Å². The molecular formula is C15H9BrCl2N2O2. The van der Waals surface area contributed by atoms with E-state index in [4.69, 9.17) is 27.9 Å². The van der Waals surface area contributed by atoms with Crippen LogP contribution in [0.3, 0.4) is 0 Å². The van der Waals surface area contributed by atoms with E-state index in [1.165, 1.54) is 7.11 Å². The fraction of sp³-hybridized carbons (Fsp3) is 0.0667. The molecule has 0 unspecified atom stereocenters. The van der Waals surface area contributed by atoms with E-state index in [2.05, 4.69) is 25.9 Å². The molecule has 112 valence electrons. The molecule has 3 rings (SSSR count). The van der Waals surface area contributed by atoms with E-state index in [-0.39, 0.29) is 0 Å². The van der Waals surface area contributed by atoms with Crippen LogP contribution in [0.1, 0.15) is 10.4 Å². The Morgan fingerprint density at radius 3 is 2.73 bits per heavy atom. The summed E-state index contributed by atoms with van der Waals surface area (Å²) in [7, 11) is 1.34. The van der Waals surface area contributed by atoms with Crippen molar-refractivity contribution in [1.82, 2.24) is 9.97 Å². The Hall–Kier alpha value is -1.56. The Labute approximate surface area is 144 Å². The summed E-state index contributed by atoms with van der Waals surface area (Å²) in [4.78, 5) is 19.3. The Morgan fingerprint density at radius 2 is 2.05 bits per heavy atom. The SMILES string of the molecule is COC(=O)c1cc(Br)c2nc(-c3ccc(Cl)cc3Cl)[nH]c2c1. The van der Waals surface area contributed by atoms with Gasteiger partial charge in [-0.05, 0) is 46.3 Å². The van der Waals surface area contributed by atoms with E-state index >= 15 is 0 Å². The van der Waals surface area contributed by atoms with Gasteiger partial charge in [-0.2, -0.15) is 0 Å². The highest BCUT2D eigenvalue weighted by molar-refractivity contribution is 9.10. The molecule has 4 nitrogen and oxygen atoms in total. The number of nitrogens with zero attached hydrogens (tertiary/aromatic N) is 1. The van der Waals surface area contributed by atoms with Crippen molar-refractivity contribution in [3.8, 4) is 11.4 Å². The standard InChI is InChI=1S/C15H9BrCl2N2O2/c1-22-15(21)7-4-10(16)13-12(5-7)19-14(20-13)9-3-2-8(17)6-11(9)18/h2-6H,1H3,(H,19,20). The summed E-state index contributed by atoms with van der Waals surface area (Å²) < 4.78 is 5.43. The molecule has 0 atom stereocenters. The first-order valence-corrected chi connectivity index (χ1v) is 7.77. The van der Waals surface area contributed by atoms with Gasteiger partial charge in [0.2, 0.25) is 0 Å². The lowest BCUT2D eigenvalue weighted by atomic mass is 10.2. The Morgan fingerprint density at radius 1 is 1.27 bits per heavy atom. The molecule has 2 aromatic carbocycles. The number of ether oxygens (including phenoxy) is 1. The van der Waals surface area contributed by atoms with Crippen LogP contribution in [0.4, 0.5) is 0 Å². The van der Waals surface area contributed by atoms with Gasteiger partial charge in [-0.15, -0.1) is 0 Å². The van der Waals surface area contributed by atoms with Crippen molar-refractivity contribution in [2.24, 2.45) is 0 Å². The number of halogens is 3. The molecule has 0 aliphatic carbocycles. The van der Waals surface area contributed by atoms with E-state index in [0.29, 0.717) is 36.9 Å². The summed E-state index contributed by atoms with van der Waals surface area (Å²) >= 11 is 15.5. The van der Waals surface area contributed by atoms with Gasteiger partial charge in [0.15, 0.2) is 0 Å². The lowest BCUT2D eigenvalue weighted by molar-refractivity contribution is 0.0601. The lowest BCUT2D eigenvalue weighted by Crippen LogP contribution is -2.00. The molecule has 1 aromatic heterocycles. The van der Waals surface area contributed by atoms with Gasteiger partial charge in [0.1, 0.15) is 11.3 Å². The van der Waals surface area contributed by atoms with Crippen LogP contribution in [-0.4, -0.2) is 23.0 Å². The minimum Gasteiger partial charge on any atom is -0.465 e. The smallest absolute Gasteiger partial charge is 0.337 e. The van der Waals surface area contributed by atoms with Crippen molar-refractivity contribution in [2.75, 3.05) is 7.11 Å². The van der Waals surface area contributed by atoms with Crippen LogP contribution in [-0.2, 0) is 4.74 Å². The molecule has 0 saturated heterocycles. The molecule has 0 saturated carbocycles. The first-order valence-electron chi connectivity index (χ1n) is 6.22. The Balaban J connectivity index is 2.17. The fourth-order valence-corrected chi connectivity index (χ4v) is 3.17. The first-order chi connectivity index (χ1) is 10.5. The minimum absolute atomic E-state index is 0.414. The monoisotopic (exact) mass is 398 g/mol. The number of aromatic amines is 1. The number of rotatable bonds is 2. The zero-order valence-corrected chi connectivity index (χ0v) is 14.4. The van der Waals surface area contributed by atoms with Gasteiger partial charge in [-0.3, -0.25) is 0 Å². The summed E-state index contributed by atoms with van der Waals surface area (Å²) in [5, 5.41) is 1.05. The summed E-state index contributed by atoms with van der Waals surface area (Å²) in [5.41, 5.74) is 2.57. The maximum atomic E-state index is 11.7. The lowest BCUT2D eigenvalue weighted by Gasteiger charge is -2.00. The maximum absolute atomic E-state index is 11.7.